The molecule has 1 heterocycles. The highest BCUT2D eigenvalue weighted by molar-refractivity contribution is 7.88. The van der Waals surface area contributed by atoms with Gasteiger partial charge in [-0.25, -0.2) is 12.7 Å². The first-order valence-corrected chi connectivity index (χ1v) is 9.35. The first-order chi connectivity index (χ1) is 10.2. The number of hydrogen-bond acceptors (Lipinski definition) is 3. The van der Waals surface area contributed by atoms with Crippen molar-refractivity contribution in [3.63, 3.8) is 0 Å². The zero-order valence-electron chi connectivity index (χ0n) is 13.7. The highest BCUT2D eigenvalue weighted by Gasteiger charge is 2.32. The van der Waals surface area contributed by atoms with Crippen molar-refractivity contribution in [2.45, 2.75) is 26.7 Å². The molecule has 1 amide bonds. The lowest BCUT2D eigenvalue weighted by Crippen LogP contribution is -2.45. The predicted molar refractivity (Wildman–Crippen MR) is 88.5 cm³/mol. The van der Waals surface area contributed by atoms with E-state index in [0.29, 0.717) is 6.54 Å². The van der Waals surface area contributed by atoms with Crippen LogP contribution in [0.15, 0.2) is 18.2 Å². The summed E-state index contributed by atoms with van der Waals surface area (Å²) in [6, 6.07) is 5.92. The fraction of sp³-hybridized carbons (Fsp3) is 0.562. The molecule has 22 heavy (non-hydrogen) atoms. The van der Waals surface area contributed by atoms with E-state index in [1.54, 1.807) is 11.9 Å². The van der Waals surface area contributed by atoms with E-state index in [1.807, 2.05) is 32.0 Å². The minimum Gasteiger partial charge on any atom is -0.315 e. The minimum absolute atomic E-state index is 0.0170. The standard InChI is InChI=1S/C16H24N2O3S/c1-12-7-8-15(10-13(12)2)17(3)16(19)14-6-5-9-18(11-14)22(4,20)21/h7-8,10,14H,5-6,9,11H2,1-4H3. The van der Waals surface area contributed by atoms with Crippen molar-refractivity contribution < 1.29 is 13.2 Å². The summed E-state index contributed by atoms with van der Waals surface area (Å²) in [4.78, 5) is 14.3. The summed E-state index contributed by atoms with van der Waals surface area (Å²) in [6.45, 7) is 4.85. The summed E-state index contributed by atoms with van der Waals surface area (Å²) >= 11 is 0. The summed E-state index contributed by atoms with van der Waals surface area (Å²) in [6.07, 6.45) is 2.66. The van der Waals surface area contributed by atoms with Crippen LogP contribution in [0.3, 0.4) is 0 Å². The number of piperidine rings is 1. The van der Waals surface area contributed by atoms with E-state index in [9.17, 15) is 13.2 Å². The van der Waals surface area contributed by atoms with Gasteiger partial charge in [0.05, 0.1) is 12.2 Å². The van der Waals surface area contributed by atoms with Crippen LogP contribution < -0.4 is 4.90 Å². The quantitative estimate of drug-likeness (QED) is 0.854. The number of amides is 1. The third kappa shape index (κ3) is 3.67. The molecule has 1 saturated heterocycles. The number of sulfonamides is 1. The van der Waals surface area contributed by atoms with Gasteiger partial charge in [-0.15, -0.1) is 0 Å². The summed E-state index contributed by atoms with van der Waals surface area (Å²) in [5.74, 6) is -0.285. The molecule has 1 atom stereocenters. The molecule has 5 nitrogen and oxygen atoms in total. The molecule has 0 N–H and O–H groups in total. The number of hydrogen-bond donors (Lipinski definition) is 0. The highest BCUT2D eigenvalue weighted by atomic mass is 32.2. The molecule has 0 spiro atoms. The molecule has 6 heteroatoms. The molecule has 0 aromatic heterocycles. The number of anilines is 1. The molecule has 1 aliphatic rings. The summed E-state index contributed by atoms with van der Waals surface area (Å²) in [5, 5.41) is 0. The van der Waals surface area contributed by atoms with Crippen LogP contribution in [0.5, 0.6) is 0 Å². The molecular weight excluding hydrogens is 300 g/mol. The Labute approximate surface area is 133 Å². The Kier molecular flexibility index (Phi) is 4.92. The molecule has 1 aromatic carbocycles. The van der Waals surface area contributed by atoms with Crippen LogP contribution in [0.1, 0.15) is 24.0 Å². The van der Waals surface area contributed by atoms with E-state index in [2.05, 4.69) is 0 Å². The lowest BCUT2D eigenvalue weighted by atomic mass is 9.98. The molecule has 0 aliphatic carbocycles. The van der Waals surface area contributed by atoms with E-state index in [-0.39, 0.29) is 18.4 Å². The Morgan fingerprint density at radius 1 is 1.27 bits per heavy atom. The predicted octanol–water partition coefficient (Wildman–Crippen LogP) is 1.94. The van der Waals surface area contributed by atoms with Gasteiger partial charge in [0.25, 0.3) is 0 Å². The molecular formula is C16H24N2O3S. The summed E-state index contributed by atoms with van der Waals surface area (Å²) in [5.41, 5.74) is 3.17. The van der Waals surface area contributed by atoms with Crippen LogP contribution in [0, 0.1) is 19.8 Å². The zero-order valence-corrected chi connectivity index (χ0v) is 14.5. The Morgan fingerprint density at radius 3 is 2.55 bits per heavy atom. The number of rotatable bonds is 3. The highest BCUT2D eigenvalue weighted by Crippen LogP contribution is 2.24. The molecule has 1 aliphatic heterocycles. The van der Waals surface area contributed by atoms with Gasteiger partial charge in [-0.1, -0.05) is 6.07 Å². The molecule has 122 valence electrons. The van der Waals surface area contributed by atoms with Crippen molar-refractivity contribution in [3.05, 3.63) is 29.3 Å². The van der Waals surface area contributed by atoms with E-state index in [4.69, 9.17) is 0 Å². The largest absolute Gasteiger partial charge is 0.315 e. The van der Waals surface area contributed by atoms with Gasteiger partial charge in [-0.3, -0.25) is 4.79 Å². The van der Waals surface area contributed by atoms with Crippen LogP contribution in [0.2, 0.25) is 0 Å². The van der Waals surface area contributed by atoms with Gasteiger partial charge in [0, 0.05) is 25.8 Å². The Balaban J connectivity index is 2.14. The van der Waals surface area contributed by atoms with Gasteiger partial charge < -0.3 is 4.90 Å². The number of carbonyl (C=O) groups is 1. The smallest absolute Gasteiger partial charge is 0.231 e. The third-order valence-electron chi connectivity index (χ3n) is 4.41. The number of nitrogens with zero attached hydrogens (tertiary/aromatic N) is 2. The summed E-state index contributed by atoms with van der Waals surface area (Å²) in [7, 11) is -1.48. The maximum Gasteiger partial charge on any atom is 0.231 e. The average Bonchev–Trinajstić information content (AvgIpc) is 2.48. The van der Waals surface area contributed by atoms with Crippen molar-refractivity contribution >= 4 is 21.6 Å². The van der Waals surface area contributed by atoms with Gasteiger partial charge in [-0.05, 0) is 49.9 Å². The van der Waals surface area contributed by atoms with Crippen LogP contribution >= 0.6 is 0 Å². The normalized spacial score (nSPS) is 19.9. The van der Waals surface area contributed by atoms with Crippen molar-refractivity contribution in [2.24, 2.45) is 5.92 Å². The van der Waals surface area contributed by atoms with Crippen LogP contribution in [0.25, 0.3) is 0 Å². The van der Waals surface area contributed by atoms with E-state index in [0.717, 1.165) is 24.1 Å². The van der Waals surface area contributed by atoms with Gasteiger partial charge in [0.2, 0.25) is 15.9 Å². The number of benzene rings is 1. The molecule has 0 bridgehead atoms. The van der Waals surface area contributed by atoms with Crippen LogP contribution in [-0.2, 0) is 14.8 Å². The lowest BCUT2D eigenvalue weighted by Gasteiger charge is -2.32. The van der Waals surface area contributed by atoms with E-state index >= 15 is 0 Å². The monoisotopic (exact) mass is 324 g/mol. The SMILES string of the molecule is Cc1ccc(N(C)C(=O)C2CCCN(S(C)(=O)=O)C2)cc1C. The van der Waals surface area contributed by atoms with Crippen molar-refractivity contribution in [2.75, 3.05) is 31.3 Å². The van der Waals surface area contributed by atoms with Crippen molar-refractivity contribution in [1.82, 2.24) is 4.31 Å². The topological polar surface area (TPSA) is 57.7 Å². The van der Waals surface area contributed by atoms with Crippen LogP contribution in [-0.4, -0.2) is 45.0 Å². The van der Waals surface area contributed by atoms with Crippen LogP contribution in [0.4, 0.5) is 5.69 Å². The fourth-order valence-corrected chi connectivity index (χ4v) is 3.69. The van der Waals surface area contributed by atoms with Crippen molar-refractivity contribution in [3.8, 4) is 0 Å². The van der Waals surface area contributed by atoms with Gasteiger partial charge in [-0.2, -0.15) is 0 Å². The Bertz CT molecular complexity index is 670. The first-order valence-electron chi connectivity index (χ1n) is 7.50. The maximum absolute atomic E-state index is 12.7. The molecule has 1 fully saturated rings. The molecule has 1 unspecified atom stereocenters. The molecule has 2 rings (SSSR count). The third-order valence-corrected chi connectivity index (χ3v) is 5.68. The summed E-state index contributed by atoms with van der Waals surface area (Å²) < 4.78 is 24.8. The van der Waals surface area contributed by atoms with E-state index in [1.165, 1.54) is 16.1 Å². The number of aryl methyl sites for hydroxylation is 2. The second-order valence-electron chi connectivity index (χ2n) is 6.13. The fourth-order valence-electron chi connectivity index (χ4n) is 2.78. The molecule has 1 aromatic rings. The van der Waals surface area contributed by atoms with Gasteiger partial charge in [0.1, 0.15) is 0 Å². The van der Waals surface area contributed by atoms with Gasteiger partial charge in [0.15, 0.2) is 0 Å². The Hall–Kier alpha value is -1.40. The average molecular weight is 324 g/mol. The van der Waals surface area contributed by atoms with Crippen molar-refractivity contribution in [1.29, 1.82) is 0 Å². The second-order valence-corrected chi connectivity index (χ2v) is 8.11. The maximum atomic E-state index is 12.7. The Morgan fingerprint density at radius 2 is 1.95 bits per heavy atom. The zero-order chi connectivity index (χ0) is 16.5. The second kappa shape index (κ2) is 6.38. The first kappa shape index (κ1) is 17.0. The molecule has 0 radical (unpaired) electrons. The van der Waals surface area contributed by atoms with E-state index < -0.39 is 10.0 Å². The molecule has 0 saturated carbocycles. The lowest BCUT2D eigenvalue weighted by molar-refractivity contribution is -0.123. The minimum atomic E-state index is -3.23. The number of carbonyl (C=O) groups excluding carboxylic acids is 1. The van der Waals surface area contributed by atoms with Gasteiger partial charge >= 0.3 is 0 Å².